The first-order valence-corrected chi connectivity index (χ1v) is 4.71. The highest BCUT2D eigenvalue weighted by Crippen LogP contribution is 2.36. The van der Waals surface area contributed by atoms with E-state index in [0.717, 1.165) is 11.8 Å². The molecular formula is C9H18N2. The summed E-state index contributed by atoms with van der Waals surface area (Å²) >= 11 is 0. The molecule has 0 unspecified atom stereocenters. The summed E-state index contributed by atoms with van der Waals surface area (Å²) in [4.78, 5) is 2.40. The van der Waals surface area contributed by atoms with Gasteiger partial charge in [-0.2, -0.15) is 0 Å². The maximum absolute atomic E-state index is 6.12. The van der Waals surface area contributed by atoms with Crippen molar-refractivity contribution in [2.45, 2.75) is 25.3 Å². The Morgan fingerprint density at radius 2 is 2.00 bits per heavy atom. The Labute approximate surface area is 68.7 Å². The zero-order chi connectivity index (χ0) is 7.84. The van der Waals surface area contributed by atoms with Gasteiger partial charge in [0.25, 0.3) is 0 Å². The second-order valence-corrected chi connectivity index (χ2v) is 4.23. The van der Waals surface area contributed by atoms with E-state index in [0.29, 0.717) is 6.04 Å². The summed E-state index contributed by atoms with van der Waals surface area (Å²) in [6.07, 6.45) is 4.11. The smallest absolute Gasteiger partial charge is 0.0108 e. The normalized spacial score (nSPS) is 36.0. The van der Waals surface area contributed by atoms with Gasteiger partial charge >= 0.3 is 0 Å². The SMILES string of the molecule is CN1CC[C@@H]([C@H](N)C2CC2)C1. The molecule has 2 nitrogen and oxygen atoms in total. The topological polar surface area (TPSA) is 29.3 Å². The molecule has 2 heteroatoms. The lowest BCUT2D eigenvalue weighted by Gasteiger charge is -2.18. The number of hydrogen-bond acceptors (Lipinski definition) is 2. The molecule has 0 radical (unpaired) electrons. The molecular weight excluding hydrogens is 136 g/mol. The largest absolute Gasteiger partial charge is 0.327 e. The first kappa shape index (κ1) is 7.56. The molecule has 0 aromatic heterocycles. The monoisotopic (exact) mass is 154 g/mol. The van der Waals surface area contributed by atoms with Gasteiger partial charge < -0.3 is 10.6 Å². The Bertz CT molecular complexity index is 142. The molecule has 1 saturated carbocycles. The van der Waals surface area contributed by atoms with Gasteiger partial charge in [-0.1, -0.05) is 0 Å². The van der Waals surface area contributed by atoms with Crippen molar-refractivity contribution >= 4 is 0 Å². The molecule has 2 fully saturated rings. The van der Waals surface area contributed by atoms with Crippen LogP contribution in [0.25, 0.3) is 0 Å². The average Bonchev–Trinajstić information content (AvgIpc) is 2.74. The van der Waals surface area contributed by atoms with Crippen LogP contribution < -0.4 is 5.73 Å². The predicted molar refractivity (Wildman–Crippen MR) is 46.3 cm³/mol. The third-order valence-electron chi connectivity index (χ3n) is 3.14. The van der Waals surface area contributed by atoms with Crippen LogP contribution in [-0.4, -0.2) is 31.1 Å². The highest BCUT2D eigenvalue weighted by Gasteiger charge is 2.36. The molecule has 2 rings (SSSR count). The van der Waals surface area contributed by atoms with Gasteiger partial charge in [-0.05, 0) is 44.7 Å². The molecule has 1 aliphatic heterocycles. The Kier molecular flexibility index (Phi) is 1.90. The first-order chi connectivity index (χ1) is 5.27. The quantitative estimate of drug-likeness (QED) is 0.633. The van der Waals surface area contributed by atoms with E-state index in [1.54, 1.807) is 0 Å². The van der Waals surface area contributed by atoms with E-state index >= 15 is 0 Å². The summed E-state index contributed by atoms with van der Waals surface area (Å²) < 4.78 is 0. The molecule has 2 atom stereocenters. The van der Waals surface area contributed by atoms with E-state index < -0.39 is 0 Å². The van der Waals surface area contributed by atoms with Gasteiger partial charge in [-0.15, -0.1) is 0 Å². The molecule has 0 aromatic carbocycles. The van der Waals surface area contributed by atoms with E-state index in [1.807, 2.05) is 0 Å². The van der Waals surface area contributed by atoms with Crippen LogP contribution in [0, 0.1) is 11.8 Å². The van der Waals surface area contributed by atoms with E-state index in [-0.39, 0.29) is 0 Å². The van der Waals surface area contributed by atoms with Gasteiger partial charge in [0, 0.05) is 12.6 Å². The predicted octanol–water partition coefficient (Wildman–Crippen LogP) is 0.675. The average molecular weight is 154 g/mol. The highest BCUT2D eigenvalue weighted by atomic mass is 15.1. The number of rotatable bonds is 2. The van der Waals surface area contributed by atoms with Crippen molar-refractivity contribution < 1.29 is 0 Å². The first-order valence-electron chi connectivity index (χ1n) is 4.71. The van der Waals surface area contributed by atoms with Crippen LogP contribution >= 0.6 is 0 Å². The lowest BCUT2D eigenvalue weighted by molar-refractivity contribution is 0.354. The summed E-state index contributed by atoms with van der Waals surface area (Å²) in [5.74, 6) is 1.68. The minimum atomic E-state index is 0.514. The zero-order valence-electron chi connectivity index (χ0n) is 7.29. The molecule has 2 N–H and O–H groups in total. The number of likely N-dealkylation sites (tertiary alicyclic amines) is 1. The summed E-state index contributed by atoms with van der Waals surface area (Å²) in [5.41, 5.74) is 6.12. The summed E-state index contributed by atoms with van der Waals surface area (Å²) in [5, 5.41) is 0. The van der Waals surface area contributed by atoms with Crippen LogP contribution in [0.3, 0.4) is 0 Å². The summed E-state index contributed by atoms with van der Waals surface area (Å²) in [7, 11) is 2.19. The van der Waals surface area contributed by atoms with Crippen LogP contribution in [-0.2, 0) is 0 Å². The second-order valence-electron chi connectivity index (χ2n) is 4.23. The maximum atomic E-state index is 6.12. The van der Waals surface area contributed by atoms with Crippen molar-refractivity contribution in [1.29, 1.82) is 0 Å². The van der Waals surface area contributed by atoms with Crippen molar-refractivity contribution in [3.8, 4) is 0 Å². The van der Waals surface area contributed by atoms with Crippen LogP contribution in [0.2, 0.25) is 0 Å². The molecule has 0 bridgehead atoms. The zero-order valence-corrected chi connectivity index (χ0v) is 7.29. The van der Waals surface area contributed by atoms with Gasteiger partial charge in [0.05, 0.1) is 0 Å². The van der Waals surface area contributed by atoms with E-state index in [1.165, 1.54) is 32.4 Å². The Balaban J connectivity index is 1.84. The minimum absolute atomic E-state index is 0.514. The fourth-order valence-corrected chi connectivity index (χ4v) is 2.15. The Morgan fingerprint density at radius 1 is 1.27 bits per heavy atom. The van der Waals surface area contributed by atoms with Crippen molar-refractivity contribution in [1.82, 2.24) is 4.90 Å². The van der Waals surface area contributed by atoms with E-state index in [9.17, 15) is 0 Å². The molecule has 1 saturated heterocycles. The van der Waals surface area contributed by atoms with Gasteiger partial charge in [0.15, 0.2) is 0 Å². The molecule has 1 heterocycles. The van der Waals surface area contributed by atoms with Crippen molar-refractivity contribution in [3.05, 3.63) is 0 Å². The number of nitrogens with zero attached hydrogens (tertiary/aromatic N) is 1. The summed E-state index contributed by atoms with van der Waals surface area (Å²) in [6, 6.07) is 0.514. The third-order valence-corrected chi connectivity index (χ3v) is 3.14. The Morgan fingerprint density at radius 3 is 2.45 bits per heavy atom. The Hall–Kier alpha value is -0.0800. The van der Waals surface area contributed by atoms with Crippen molar-refractivity contribution in [3.63, 3.8) is 0 Å². The van der Waals surface area contributed by atoms with Gasteiger partial charge in [0.2, 0.25) is 0 Å². The van der Waals surface area contributed by atoms with E-state index in [4.69, 9.17) is 5.73 Å². The fraction of sp³-hybridized carbons (Fsp3) is 1.00. The molecule has 0 spiro atoms. The standard InChI is InChI=1S/C9H18N2/c1-11-5-4-8(6-11)9(10)7-2-3-7/h7-9H,2-6,10H2,1H3/t8-,9-/m1/s1. The molecule has 0 amide bonds. The molecule has 64 valence electrons. The summed E-state index contributed by atoms with van der Waals surface area (Å²) in [6.45, 7) is 2.49. The number of nitrogens with two attached hydrogens (primary N) is 1. The number of hydrogen-bond donors (Lipinski definition) is 1. The third kappa shape index (κ3) is 1.57. The second kappa shape index (κ2) is 2.76. The van der Waals surface area contributed by atoms with Gasteiger partial charge in [-0.3, -0.25) is 0 Å². The maximum Gasteiger partial charge on any atom is 0.0108 e. The molecule has 1 aliphatic carbocycles. The van der Waals surface area contributed by atoms with Crippen LogP contribution in [0.15, 0.2) is 0 Å². The van der Waals surface area contributed by atoms with Crippen molar-refractivity contribution in [2.75, 3.05) is 20.1 Å². The van der Waals surface area contributed by atoms with Crippen LogP contribution in [0.4, 0.5) is 0 Å². The van der Waals surface area contributed by atoms with Crippen molar-refractivity contribution in [2.24, 2.45) is 17.6 Å². The molecule has 2 aliphatic rings. The minimum Gasteiger partial charge on any atom is -0.327 e. The van der Waals surface area contributed by atoms with Crippen LogP contribution in [0.1, 0.15) is 19.3 Å². The molecule has 11 heavy (non-hydrogen) atoms. The highest BCUT2D eigenvalue weighted by molar-refractivity contribution is 4.91. The lowest BCUT2D eigenvalue weighted by Crippen LogP contribution is -2.33. The van der Waals surface area contributed by atoms with Gasteiger partial charge in [0.1, 0.15) is 0 Å². The molecule has 0 aromatic rings. The lowest BCUT2D eigenvalue weighted by atomic mass is 9.96. The van der Waals surface area contributed by atoms with E-state index in [2.05, 4.69) is 11.9 Å². The van der Waals surface area contributed by atoms with Gasteiger partial charge in [-0.25, -0.2) is 0 Å². The fourth-order valence-electron chi connectivity index (χ4n) is 2.15. The van der Waals surface area contributed by atoms with Crippen LogP contribution in [0.5, 0.6) is 0 Å².